The van der Waals surface area contributed by atoms with E-state index in [4.69, 9.17) is 0 Å². The fourth-order valence-corrected chi connectivity index (χ4v) is 3.40. The van der Waals surface area contributed by atoms with E-state index in [1.807, 2.05) is 24.5 Å². The largest absolute Gasteiger partial charge is 0.354 e. The van der Waals surface area contributed by atoms with Crippen LogP contribution in [-0.4, -0.2) is 70.1 Å². The minimum Gasteiger partial charge on any atom is -0.354 e. The first-order valence-electron chi connectivity index (χ1n) is 8.26. The molecular weight excluding hydrogens is 288 g/mol. The fraction of sp³-hybridized carbons (Fsp3) is 0.471. The van der Waals surface area contributed by atoms with Gasteiger partial charge in [0, 0.05) is 64.2 Å². The molecule has 2 fully saturated rings. The van der Waals surface area contributed by atoms with Crippen molar-refractivity contribution in [1.29, 1.82) is 0 Å². The van der Waals surface area contributed by atoms with Crippen LogP contribution in [0.1, 0.15) is 5.69 Å². The van der Waals surface area contributed by atoms with Crippen molar-refractivity contribution in [2.24, 2.45) is 0 Å². The number of piperazine rings is 1. The average molecular weight is 310 g/mol. The summed E-state index contributed by atoms with van der Waals surface area (Å²) in [5, 5.41) is 0. The van der Waals surface area contributed by atoms with Gasteiger partial charge < -0.3 is 4.90 Å². The summed E-state index contributed by atoms with van der Waals surface area (Å²) in [6.45, 7) is 7.62. The number of anilines is 1. The number of nitrogens with zero attached hydrogens (tertiary/aromatic N) is 6. The Hall–Kier alpha value is -2.05. The lowest BCUT2D eigenvalue weighted by Gasteiger charge is -2.48. The molecule has 6 nitrogen and oxygen atoms in total. The molecule has 4 heterocycles. The van der Waals surface area contributed by atoms with E-state index >= 15 is 0 Å². The summed E-state index contributed by atoms with van der Waals surface area (Å²) in [6.07, 6.45) is 5.32. The van der Waals surface area contributed by atoms with Gasteiger partial charge in [-0.25, -0.2) is 15.0 Å². The van der Waals surface area contributed by atoms with Crippen LogP contribution < -0.4 is 4.90 Å². The number of pyridine rings is 1. The van der Waals surface area contributed by atoms with Crippen LogP contribution >= 0.6 is 0 Å². The molecule has 2 aliphatic rings. The van der Waals surface area contributed by atoms with Crippen molar-refractivity contribution in [3.05, 3.63) is 48.7 Å². The van der Waals surface area contributed by atoms with Crippen molar-refractivity contribution >= 4 is 5.82 Å². The number of likely N-dealkylation sites (tertiary alicyclic amines) is 1. The van der Waals surface area contributed by atoms with Crippen molar-refractivity contribution in [1.82, 2.24) is 24.8 Å². The van der Waals surface area contributed by atoms with Gasteiger partial charge in [0.25, 0.3) is 0 Å². The first-order valence-corrected chi connectivity index (χ1v) is 8.26. The number of aromatic nitrogens is 3. The van der Waals surface area contributed by atoms with Crippen molar-refractivity contribution in [2.75, 3.05) is 44.2 Å². The maximum atomic E-state index is 4.45. The van der Waals surface area contributed by atoms with Gasteiger partial charge in [0.2, 0.25) is 0 Å². The van der Waals surface area contributed by atoms with Gasteiger partial charge in [-0.1, -0.05) is 6.07 Å². The maximum Gasteiger partial charge on any atom is 0.128 e. The van der Waals surface area contributed by atoms with Crippen LogP contribution in [0, 0.1) is 0 Å². The molecule has 2 aromatic heterocycles. The van der Waals surface area contributed by atoms with Gasteiger partial charge in [0.1, 0.15) is 12.1 Å². The molecule has 2 aliphatic heterocycles. The van der Waals surface area contributed by atoms with E-state index in [9.17, 15) is 0 Å². The molecule has 6 heteroatoms. The molecule has 0 N–H and O–H groups in total. The third-order valence-corrected chi connectivity index (χ3v) is 4.77. The zero-order valence-electron chi connectivity index (χ0n) is 13.3. The highest BCUT2D eigenvalue weighted by Crippen LogP contribution is 2.20. The van der Waals surface area contributed by atoms with Gasteiger partial charge in [-0.15, -0.1) is 0 Å². The van der Waals surface area contributed by atoms with E-state index in [1.165, 1.54) is 0 Å². The van der Waals surface area contributed by atoms with E-state index in [-0.39, 0.29) is 0 Å². The molecule has 0 unspecified atom stereocenters. The predicted molar refractivity (Wildman–Crippen MR) is 89.1 cm³/mol. The Morgan fingerprint density at radius 2 is 1.83 bits per heavy atom. The van der Waals surface area contributed by atoms with Crippen LogP contribution in [0.25, 0.3) is 0 Å². The Morgan fingerprint density at radius 3 is 2.52 bits per heavy atom. The second-order valence-corrected chi connectivity index (χ2v) is 6.26. The summed E-state index contributed by atoms with van der Waals surface area (Å²) in [7, 11) is 0. The maximum absolute atomic E-state index is 4.45. The van der Waals surface area contributed by atoms with Gasteiger partial charge in [0.05, 0.1) is 5.69 Å². The minimum absolute atomic E-state index is 0.697. The predicted octanol–water partition coefficient (Wildman–Crippen LogP) is 0.878. The molecule has 0 atom stereocenters. The van der Waals surface area contributed by atoms with Gasteiger partial charge in [-0.05, 0) is 18.2 Å². The van der Waals surface area contributed by atoms with Gasteiger partial charge in [-0.2, -0.15) is 0 Å². The van der Waals surface area contributed by atoms with Crippen molar-refractivity contribution < 1.29 is 0 Å². The standard InChI is InChI=1S/C17H22N6/c1-2-5-19-17(3-1)23-9-7-22(8-10-23)16-12-21(13-16)11-15-4-6-18-14-20-15/h1-6,14,16H,7-13H2. The summed E-state index contributed by atoms with van der Waals surface area (Å²) in [5.41, 5.74) is 1.11. The van der Waals surface area contributed by atoms with E-state index < -0.39 is 0 Å². The Kier molecular flexibility index (Phi) is 4.17. The topological polar surface area (TPSA) is 48.4 Å². The second-order valence-electron chi connectivity index (χ2n) is 6.26. The van der Waals surface area contributed by atoms with Crippen LogP contribution in [0.4, 0.5) is 5.82 Å². The zero-order chi connectivity index (χ0) is 15.5. The first-order chi connectivity index (χ1) is 11.4. The quantitative estimate of drug-likeness (QED) is 0.835. The van der Waals surface area contributed by atoms with E-state index in [1.54, 1.807) is 6.33 Å². The van der Waals surface area contributed by atoms with E-state index in [2.05, 4.69) is 41.8 Å². The molecule has 0 aromatic carbocycles. The third-order valence-electron chi connectivity index (χ3n) is 4.77. The summed E-state index contributed by atoms with van der Waals surface area (Å²) in [6, 6.07) is 8.83. The monoisotopic (exact) mass is 310 g/mol. The van der Waals surface area contributed by atoms with E-state index in [0.717, 1.165) is 57.3 Å². The van der Waals surface area contributed by atoms with E-state index in [0.29, 0.717) is 6.04 Å². The van der Waals surface area contributed by atoms with Gasteiger partial charge in [-0.3, -0.25) is 9.80 Å². The highest BCUT2D eigenvalue weighted by atomic mass is 15.4. The minimum atomic E-state index is 0.697. The molecule has 0 amide bonds. The van der Waals surface area contributed by atoms with Crippen molar-refractivity contribution in [3.8, 4) is 0 Å². The molecular formula is C17H22N6. The Morgan fingerprint density at radius 1 is 0.957 bits per heavy atom. The first kappa shape index (κ1) is 14.5. The highest BCUT2D eigenvalue weighted by Gasteiger charge is 2.33. The Bertz CT molecular complexity index is 605. The number of rotatable bonds is 4. The molecule has 0 spiro atoms. The van der Waals surface area contributed by atoms with Gasteiger partial charge >= 0.3 is 0 Å². The summed E-state index contributed by atoms with van der Waals surface area (Å²) >= 11 is 0. The highest BCUT2D eigenvalue weighted by molar-refractivity contribution is 5.38. The smallest absolute Gasteiger partial charge is 0.128 e. The Labute approximate surface area is 136 Å². The SMILES string of the molecule is c1ccc(N2CCN(C3CN(Cc4ccncn4)C3)CC2)nc1. The number of hydrogen-bond donors (Lipinski definition) is 0. The van der Waals surface area contributed by atoms with Gasteiger partial charge in [0.15, 0.2) is 0 Å². The summed E-state index contributed by atoms with van der Waals surface area (Å²) in [5.74, 6) is 1.10. The molecule has 0 radical (unpaired) electrons. The molecule has 120 valence electrons. The zero-order valence-corrected chi connectivity index (χ0v) is 13.3. The lowest BCUT2D eigenvalue weighted by atomic mass is 10.1. The Balaban J connectivity index is 1.23. The van der Waals surface area contributed by atoms with Crippen molar-refractivity contribution in [3.63, 3.8) is 0 Å². The average Bonchev–Trinajstić information content (AvgIpc) is 2.60. The third kappa shape index (κ3) is 3.33. The molecule has 4 rings (SSSR count). The summed E-state index contributed by atoms with van der Waals surface area (Å²) in [4.78, 5) is 20.2. The lowest BCUT2D eigenvalue weighted by Crippen LogP contribution is -2.62. The molecule has 0 saturated carbocycles. The lowest BCUT2D eigenvalue weighted by molar-refractivity contribution is 0.0248. The van der Waals surface area contributed by atoms with Crippen molar-refractivity contribution in [2.45, 2.75) is 12.6 Å². The molecule has 2 saturated heterocycles. The number of hydrogen-bond acceptors (Lipinski definition) is 6. The van der Waals surface area contributed by atoms with Crippen LogP contribution in [0.2, 0.25) is 0 Å². The molecule has 23 heavy (non-hydrogen) atoms. The fourth-order valence-electron chi connectivity index (χ4n) is 3.40. The van der Waals surface area contributed by atoms with Crippen LogP contribution in [0.3, 0.4) is 0 Å². The molecule has 0 aliphatic carbocycles. The van der Waals surface area contributed by atoms with Crippen LogP contribution in [0.15, 0.2) is 43.0 Å². The second kappa shape index (κ2) is 6.60. The van der Waals surface area contributed by atoms with Crippen LogP contribution in [-0.2, 0) is 6.54 Å². The molecule has 0 bridgehead atoms. The van der Waals surface area contributed by atoms with Crippen LogP contribution in [0.5, 0.6) is 0 Å². The molecule has 2 aromatic rings. The normalized spacial score (nSPS) is 20.4. The summed E-state index contributed by atoms with van der Waals surface area (Å²) < 4.78 is 0.